The lowest BCUT2D eigenvalue weighted by Crippen LogP contribution is -2.21. The Kier molecular flexibility index (Phi) is 2.47. The van der Waals surface area contributed by atoms with Gasteiger partial charge < -0.3 is 11.1 Å². The lowest BCUT2D eigenvalue weighted by Gasteiger charge is -2.09. The van der Waals surface area contributed by atoms with E-state index in [1.807, 2.05) is 0 Å². The van der Waals surface area contributed by atoms with Crippen LogP contribution < -0.4 is 11.1 Å². The predicted octanol–water partition coefficient (Wildman–Crippen LogP) is -0.342. The zero-order valence-electron chi connectivity index (χ0n) is 8.05. The molecule has 82 valence electrons. The average molecular weight is 228 g/mol. The van der Waals surface area contributed by atoms with Gasteiger partial charge in [-0.2, -0.15) is 0 Å². The molecule has 0 aromatic carbocycles. The Bertz CT molecular complexity index is 442. The summed E-state index contributed by atoms with van der Waals surface area (Å²) in [5, 5.41) is 2.97. The van der Waals surface area contributed by atoms with Crippen molar-refractivity contribution in [2.75, 3.05) is 22.6 Å². The summed E-state index contributed by atoms with van der Waals surface area (Å²) in [6, 6.07) is -0.0846. The van der Waals surface area contributed by atoms with Crippen LogP contribution in [0.5, 0.6) is 0 Å². The Hall–Kier alpha value is -1.37. The number of hydrogen-bond donors (Lipinski definition) is 2. The van der Waals surface area contributed by atoms with Crippen LogP contribution in [-0.4, -0.2) is 35.9 Å². The van der Waals surface area contributed by atoms with Crippen LogP contribution in [0.25, 0.3) is 0 Å². The van der Waals surface area contributed by atoms with Gasteiger partial charge in [0, 0.05) is 6.04 Å². The molecule has 0 radical (unpaired) electrons. The van der Waals surface area contributed by atoms with E-state index in [4.69, 9.17) is 5.73 Å². The molecule has 1 atom stereocenters. The number of rotatable bonds is 2. The fraction of sp³-hybridized carbons (Fsp3) is 0.500. The van der Waals surface area contributed by atoms with Crippen molar-refractivity contribution in [2.45, 2.75) is 12.5 Å². The molecule has 0 saturated carbocycles. The van der Waals surface area contributed by atoms with Crippen molar-refractivity contribution in [3.63, 3.8) is 0 Å². The van der Waals surface area contributed by atoms with E-state index in [1.54, 1.807) is 0 Å². The molecule has 1 unspecified atom stereocenters. The molecule has 1 saturated heterocycles. The third kappa shape index (κ3) is 2.56. The van der Waals surface area contributed by atoms with E-state index in [1.165, 1.54) is 12.4 Å². The van der Waals surface area contributed by atoms with Crippen LogP contribution in [0.1, 0.15) is 6.42 Å². The molecule has 6 nitrogen and oxygen atoms in total. The highest BCUT2D eigenvalue weighted by Gasteiger charge is 2.28. The van der Waals surface area contributed by atoms with Crippen molar-refractivity contribution in [3.8, 4) is 0 Å². The SMILES string of the molecule is Nc1cnc(NC2CCS(=O)(=O)C2)nc1. The summed E-state index contributed by atoms with van der Waals surface area (Å²) < 4.78 is 22.4. The fourth-order valence-electron chi connectivity index (χ4n) is 1.50. The molecule has 15 heavy (non-hydrogen) atoms. The molecule has 3 N–H and O–H groups in total. The first-order chi connectivity index (χ1) is 7.05. The molecule has 0 spiro atoms. The van der Waals surface area contributed by atoms with Gasteiger partial charge in [-0.05, 0) is 6.42 Å². The second-order valence-corrected chi connectivity index (χ2v) is 5.81. The Labute approximate surface area is 87.8 Å². The standard InChI is InChI=1S/C8H12N4O2S/c9-6-3-10-8(11-4-6)12-7-1-2-15(13,14)5-7/h3-4,7H,1-2,5,9H2,(H,10,11,12). The number of anilines is 2. The molecular weight excluding hydrogens is 216 g/mol. The highest BCUT2D eigenvalue weighted by Crippen LogP contribution is 2.14. The quantitative estimate of drug-likeness (QED) is 0.718. The van der Waals surface area contributed by atoms with Gasteiger partial charge in [-0.3, -0.25) is 0 Å². The largest absolute Gasteiger partial charge is 0.396 e. The zero-order valence-corrected chi connectivity index (χ0v) is 8.87. The van der Waals surface area contributed by atoms with E-state index < -0.39 is 9.84 Å². The Balaban J connectivity index is 2.02. The maximum absolute atomic E-state index is 11.2. The summed E-state index contributed by atoms with van der Waals surface area (Å²) in [7, 11) is -2.87. The van der Waals surface area contributed by atoms with Crippen LogP contribution in [-0.2, 0) is 9.84 Å². The van der Waals surface area contributed by atoms with E-state index >= 15 is 0 Å². The van der Waals surface area contributed by atoms with Gasteiger partial charge in [-0.1, -0.05) is 0 Å². The van der Waals surface area contributed by atoms with E-state index in [9.17, 15) is 8.42 Å². The second-order valence-electron chi connectivity index (χ2n) is 3.58. The molecule has 7 heteroatoms. The zero-order chi connectivity index (χ0) is 10.9. The second kappa shape index (κ2) is 3.65. The average Bonchev–Trinajstić information content (AvgIpc) is 2.50. The Morgan fingerprint density at radius 3 is 2.60 bits per heavy atom. The number of nitrogens with zero attached hydrogens (tertiary/aromatic N) is 2. The fourth-order valence-corrected chi connectivity index (χ4v) is 3.18. The molecule has 1 aliphatic heterocycles. The summed E-state index contributed by atoms with van der Waals surface area (Å²) in [4.78, 5) is 7.89. The Morgan fingerprint density at radius 1 is 1.40 bits per heavy atom. The molecule has 2 heterocycles. The molecule has 1 aromatic rings. The van der Waals surface area contributed by atoms with Crippen molar-refractivity contribution in [3.05, 3.63) is 12.4 Å². The minimum absolute atomic E-state index is 0.0846. The number of hydrogen-bond acceptors (Lipinski definition) is 6. The highest BCUT2D eigenvalue weighted by molar-refractivity contribution is 7.91. The van der Waals surface area contributed by atoms with Crippen LogP contribution in [0, 0.1) is 0 Å². The van der Waals surface area contributed by atoms with Gasteiger partial charge in [0.25, 0.3) is 0 Å². The molecule has 2 rings (SSSR count). The monoisotopic (exact) mass is 228 g/mol. The third-order valence-electron chi connectivity index (χ3n) is 2.24. The maximum atomic E-state index is 11.2. The number of nitrogens with two attached hydrogens (primary N) is 1. The van der Waals surface area contributed by atoms with Gasteiger partial charge in [-0.15, -0.1) is 0 Å². The van der Waals surface area contributed by atoms with Crippen molar-refractivity contribution in [2.24, 2.45) is 0 Å². The van der Waals surface area contributed by atoms with Crippen molar-refractivity contribution in [1.82, 2.24) is 9.97 Å². The van der Waals surface area contributed by atoms with E-state index in [2.05, 4.69) is 15.3 Å². The van der Waals surface area contributed by atoms with E-state index in [-0.39, 0.29) is 17.5 Å². The first-order valence-corrected chi connectivity index (χ1v) is 6.42. The van der Waals surface area contributed by atoms with Crippen molar-refractivity contribution in [1.29, 1.82) is 0 Å². The Morgan fingerprint density at radius 2 is 2.07 bits per heavy atom. The summed E-state index contributed by atoms with van der Waals surface area (Å²) in [5.41, 5.74) is 5.91. The number of nitrogen functional groups attached to an aromatic ring is 1. The summed E-state index contributed by atoms with van der Waals surface area (Å²) >= 11 is 0. The first-order valence-electron chi connectivity index (χ1n) is 4.60. The topological polar surface area (TPSA) is 98.0 Å². The van der Waals surface area contributed by atoms with Crippen LogP contribution in [0.15, 0.2) is 12.4 Å². The predicted molar refractivity (Wildman–Crippen MR) is 57.1 cm³/mol. The summed E-state index contributed by atoms with van der Waals surface area (Å²) in [6.07, 6.45) is 3.58. The molecule has 1 aromatic heterocycles. The third-order valence-corrected chi connectivity index (χ3v) is 4.01. The van der Waals surface area contributed by atoms with Crippen molar-refractivity contribution >= 4 is 21.5 Å². The number of nitrogens with one attached hydrogen (secondary N) is 1. The molecule has 0 bridgehead atoms. The maximum Gasteiger partial charge on any atom is 0.222 e. The normalized spacial score (nSPS) is 23.9. The minimum atomic E-state index is -2.87. The van der Waals surface area contributed by atoms with E-state index in [0.717, 1.165) is 0 Å². The molecule has 1 fully saturated rings. The van der Waals surface area contributed by atoms with Gasteiger partial charge in [0.1, 0.15) is 0 Å². The first kappa shape index (κ1) is 10.2. The van der Waals surface area contributed by atoms with Gasteiger partial charge in [0.05, 0.1) is 29.6 Å². The van der Waals surface area contributed by atoms with Crippen LogP contribution >= 0.6 is 0 Å². The molecular formula is C8H12N4O2S. The van der Waals surface area contributed by atoms with E-state index in [0.29, 0.717) is 18.1 Å². The van der Waals surface area contributed by atoms with Crippen LogP contribution in [0.3, 0.4) is 0 Å². The lowest BCUT2D eigenvalue weighted by atomic mass is 10.3. The molecule has 0 aliphatic carbocycles. The van der Waals surface area contributed by atoms with Gasteiger partial charge in [0.15, 0.2) is 9.84 Å². The lowest BCUT2D eigenvalue weighted by molar-refractivity contribution is 0.602. The van der Waals surface area contributed by atoms with Gasteiger partial charge >= 0.3 is 0 Å². The van der Waals surface area contributed by atoms with Crippen LogP contribution in [0.4, 0.5) is 11.6 Å². The number of aromatic nitrogens is 2. The minimum Gasteiger partial charge on any atom is -0.396 e. The molecule has 1 aliphatic rings. The van der Waals surface area contributed by atoms with Gasteiger partial charge in [0.2, 0.25) is 5.95 Å². The molecule has 0 amide bonds. The van der Waals surface area contributed by atoms with Crippen molar-refractivity contribution < 1.29 is 8.42 Å². The van der Waals surface area contributed by atoms with Gasteiger partial charge in [-0.25, -0.2) is 18.4 Å². The summed E-state index contributed by atoms with van der Waals surface area (Å²) in [6.45, 7) is 0. The number of sulfone groups is 1. The highest BCUT2D eigenvalue weighted by atomic mass is 32.2. The summed E-state index contributed by atoms with van der Waals surface area (Å²) in [5.74, 6) is 0.812. The van der Waals surface area contributed by atoms with Crippen LogP contribution in [0.2, 0.25) is 0 Å². The smallest absolute Gasteiger partial charge is 0.222 e.